The number of hydrogen-bond donors (Lipinski definition) is 0. The summed E-state index contributed by atoms with van der Waals surface area (Å²) in [5, 5.41) is 4.84. The van der Waals surface area contributed by atoms with E-state index >= 15 is 0 Å². The molecule has 9 aromatic carbocycles. The van der Waals surface area contributed by atoms with E-state index in [0.29, 0.717) is 17.5 Å². The molecule has 0 amide bonds. The van der Waals surface area contributed by atoms with Crippen molar-refractivity contribution in [2.24, 2.45) is 0 Å². The number of pyridine rings is 1. The second-order valence-corrected chi connectivity index (χ2v) is 17.1. The number of aromatic nitrogens is 6. The summed E-state index contributed by atoms with van der Waals surface area (Å²) in [4.78, 5) is 20.6. The molecule has 0 aliphatic rings. The molecule has 0 bridgehead atoms. The first-order valence-corrected chi connectivity index (χ1v) is 22.9. The van der Waals surface area contributed by atoms with E-state index in [-0.39, 0.29) is 0 Å². The Bertz CT molecular complexity index is 3910. The van der Waals surface area contributed by atoms with Crippen LogP contribution in [-0.2, 0) is 0 Å². The Morgan fingerprint density at radius 1 is 0.279 bits per heavy atom. The van der Waals surface area contributed by atoms with E-state index in [1.165, 1.54) is 32.7 Å². The highest BCUT2D eigenvalue weighted by atomic mass is 15.0. The molecule has 0 saturated heterocycles. The number of hydrogen-bond acceptors (Lipinski definition) is 4. The van der Waals surface area contributed by atoms with Crippen LogP contribution in [0.3, 0.4) is 0 Å². The zero-order chi connectivity index (χ0) is 45.0. The molecule has 0 spiro atoms. The summed E-state index contributed by atoms with van der Waals surface area (Å²) in [5.74, 6) is 1.72. The van der Waals surface area contributed by atoms with Crippen LogP contribution in [0.5, 0.6) is 0 Å². The minimum absolute atomic E-state index is 0.546. The molecule has 0 atom stereocenters. The van der Waals surface area contributed by atoms with E-state index in [9.17, 15) is 0 Å². The smallest absolute Gasteiger partial charge is 0.165 e. The van der Waals surface area contributed by atoms with Crippen LogP contribution < -0.4 is 0 Å². The molecule has 0 N–H and O–H groups in total. The maximum Gasteiger partial charge on any atom is 0.165 e. The van der Waals surface area contributed by atoms with Crippen LogP contribution >= 0.6 is 0 Å². The molecule has 6 heteroatoms. The van der Waals surface area contributed by atoms with Crippen LogP contribution in [0.4, 0.5) is 0 Å². The van der Waals surface area contributed by atoms with Gasteiger partial charge in [0.2, 0.25) is 0 Å². The van der Waals surface area contributed by atoms with Crippen LogP contribution in [0.15, 0.2) is 243 Å². The first-order chi connectivity index (χ1) is 33.7. The lowest BCUT2D eigenvalue weighted by atomic mass is 9.96. The summed E-state index contributed by atoms with van der Waals surface area (Å²) < 4.78 is 4.69. The van der Waals surface area contributed by atoms with Gasteiger partial charge < -0.3 is 9.13 Å². The zero-order valence-corrected chi connectivity index (χ0v) is 36.8. The lowest BCUT2D eigenvalue weighted by Gasteiger charge is -2.16. The summed E-state index contributed by atoms with van der Waals surface area (Å²) in [7, 11) is 0. The Morgan fingerprint density at radius 2 is 0.721 bits per heavy atom. The third-order valence-electron chi connectivity index (χ3n) is 13.0. The maximum atomic E-state index is 5.25. The normalized spacial score (nSPS) is 11.5. The van der Waals surface area contributed by atoms with Gasteiger partial charge in [-0.25, -0.2) is 15.0 Å². The van der Waals surface area contributed by atoms with Gasteiger partial charge in [-0.15, -0.1) is 0 Å². The first kappa shape index (κ1) is 39.1. The Kier molecular flexibility index (Phi) is 9.39. The van der Waals surface area contributed by atoms with Crippen LogP contribution in [-0.4, -0.2) is 29.1 Å². The van der Waals surface area contributed by atoms with Crippen molar-refractivity contribution in [3.63, 3.8) is 0 Å². The predicted octanol–water partition coefficient (Wildman–Crippen LogP) is 15.5. The highest BCUT2D eigenvalue weighted by Crippen LogP contribution is 2.39. The van der Waals surface area contributed by atoms with E-state index in [1.807, 2.05) is 36.5 Å². The van der Waals surface area contributed by atoms with Gasteiger partial charge in [0.25, 0.3) is 0 Å². The quantitative estimate of drug-likeness (QED) is 0.153. The van der Waals surface area contributed by atoms with Gasteiger partial charge in [0.15, 0.2) is 17.5 Å². The Hall–Kier alpha value is -9.26. The van der Waals surface area contributed by atoms with Gasteiger partial charge in [0.1, 0.15) is 0 Å². The SMILES string of the molecule is c1ccc(-c2cccc(-c3ccc(-n4c5ccccc5c5ccccc54)c(-c4ccc(-c5nc(-c6ccccc6)nc(-c6cccc(-n7c8ccccc8c8ccccc87)c6)n5)cn4)c3)c2)cc1. The van der Waals surface area contributed by atoms with Crippen molar-refractivity contribution in [1.29, 1.82) is 0 Å². The summed E-state index contributed by atoms with van der Waals surface area (Å²) in [6.07, 6.45) is 1.90. The molecule has 318 valence electrons. The molecule has 13 rings (SSSR count). The lowest BCUT2D eigenvalue weighted by Crippen LogP contribution is -2.02. The van der Waals surface area contributed by atoms with Crippen LogP contribution in [0.25, 0.3) is 123 Å². The fourth-order valence-electron chi connectivity index (χ4n) is 9.83. The van der Waals surface area contributed by atoms with E-state index in [0.717, 1.165) is 72.5 Å². The second kappa shape index (κ2) is 16.3. The van der Waals surface area contributed by atoms with Crippen molar-refractivity contribution >= 4 is 43.6 Å². The molecule has 0 unspecified atom stereocenters. The van der Waals surface area contributed by atoms with Gasteiger partial charge >= 0.3 is 0 Å². The van der Waals surface area contributed by atoms with Gasteiger partial charge in [0.05, 0.1) is 33.4 Å². The van der Waals surface area contributed by atoms with E-state index < -0.39 is 0 Å². The van der Waals surface area contributed by atoms with Crippen LogP contribution in [0.2, 0.25) is 0 Å². The molecule has 0 fully saturated rings. The second-order valence-electron chi connectivity index (χ2n) is 17.1. The molecule has 13 aromatic rings. The van der Waals surface area contributed by atoms with Gasteiger partial charge in [-0.05, 0) is 89.0 Å². The minimum Gasteiger partial charge on any atom is -0.309 e. The molecular formula is C62H40N6. The highest BCUT2D eigenvalue weighted by Gasteiger charge is 2.20. The molecular weight excluding hydrogens is 829 g/mol. The minimum atomic E-state index is 0.546. The molecule has 6 nitrogen and oxygen atoms in total. The van der Waals surface area contributed by atoms with Gasteiger partial charge in [0, 0.05) is 55.7 Å². The number of rotatable bonds is 8. The van der Waals surface area contributed by atoms with Crippen molar-refractivity contribution in [3.8, 4) is 79.0 Å². The number of fused-ring (bicyclic) bond motifs is 6. The third kappa shape index (κ3) is 6.74. The van der Waals surface area contributed by atoms with Crippen molar-refractivity contribution in [2.75, 3.05) is 0 Å². The zero-order valence-electron chi connectivity index (χ0n) is 36.8. The number of nitrogens with zero attached hydrogens (tertiary/aromatic N) is 6. The Labute approximate surface area is 392 Å². The van der Waals surface area contributed by atoms with Gasteiger partial charge in [-0.1, -0.05) is 170 Å². The summed E-state index contributed by atoms with van der Waals surface area (Å²) in [6, 6.07) is 83.2. The summed E-state index contributed by atoms with van der Waals surface area (Å²) in [5.41, 5.74) is 15.7. The van der Waals surface area contributed by atoms with Gasteiger partial charge in [-0.2, -0.15) is 0 Å². The number of para-hydroxylation sites is 4. The predicted molar refractivity (Wildman–Crippen MR) is 279 cm³/mol. The van der Waals surface area contributed by atoms with E-state index in [1.54, 1.807) is 0 Å². The largest absolute Gasteiger partial charge is 0.309 e. The highest BCUT2D eigenvalue weighted by molar-refractivity contribution is 6.10. The first-order valence-electron chi connectivity index (χ1n) is 22.9. The summed E-state index contributed by atoms with van der Waals surface area (Å²) in [6.45, 7) is 0. The van der Waals surface area contributed by atoms with Crippen molar-refractivity contribution in [2.45, 2.75) is 0 Å². The van der Waals surface area contributed by atoms with Crippen LogP contribution in [0, 0.1) is 0 Å². The van der Waals surface area contributed by atoms with Crippen molar-refractivity contribution < 1.29 is 0 Å². The molecule has 0 aliphatic heterocycles. The topological polar surface area (TPSA) is 61.4 Å². The average molecular weight is 869 g/mol. The Balaban J connectivity index is 0.951. The van der Waals surface area contributed by atoms with Crippen LogP contribution in [0.1, 0.15) is 0 Å². The Morgan fingerprint density at radius 3 is 1.31 bits per heavy atom. The fraction of sp³-hybridized carbons (Fsp3) is 0. The van der Waals surface area contributed by atoms with E-state index in [4.69, 9.17) is 19.9 Å². The monoisotopic (exact) mass is 868 g/mol. The molecule has 4 aromatic heterocycles. The molecule has 0 saturated carbocycles. The van der Waals surface area contributed by atoms with E-state index in [2.05, 4.69) is 215 Å². The third-order valence-corrected chi connectivity index (χ3v) is 13.0. The molecule has 4 heterocycles. The van der Waals surface area contributed by atoms with Gasteiger partial charge in [-0.3, -0.25) is 4.98 Å². The molecule has 68 heavy (non-hydrogen) atoms. The lowest BCUT2D eigenvalue weighted by molar-refractivity contribution is 1.07. The maximum absolute atomic E-state index is 5.25. The fourth-order valence-corrected chi connectivity index (χ4v) is 9.83. The molecule has 0 radical (unpaired) electrons. The average Bonchev–Trinajstić information content (AvgIpc) is 3.94. The standard InChI is InChI=1S/C62H40N6/c1-3-17-41(18-4-1)43-21-15-22-44(37-43)45-34-36-59(68-57-31-13-9-27-51(57)52-28-10-14-32-58(52)68)53(39-45)54-35-33-47(40-63-54)62-65-60(42-19-5-2-6-20-42)64-61(66-62)46-23-16-24-48(38-46)67-55-29-11-7-25-49(55)50-26-8-12-30-56(50)67/h1-40H. The summed E-state index contributed by atoms with van der Waals surface area (Å²) >= 11 is 0. The number of benzene rings is 9. The van der Waals surface area contributed by atoms with Crippen molar-refractivity contribution in [3.05, 3.63) is 243 Å². The molecule has 0 aliphatic carbocycles. The van der Waals surface area contributed by atoms with Crippen molar-refractivity contribution in [1.82, 2.24) is 29.1 Å².